The van der Waals surface area contributed by atoms with Gasteiger partial charge in [-0.25, -0.2) is 0 Å². The minimum Gasteiger partial charge on any atom is -0.371 e. The molecule has 2 rings (SSSR count). The number of nitrogens with one attached hydrogen (secondary N) is 2. The van der Waals surface area contributed by atoms with Gasteiger partial charge in [-0.15, -0.1) is 24.0 Å². The Morgan fingerprint density at radius 3 is 2.65 bits per heavy atom. The van der Waals surface area contributed by atoms with Crippen molar-refractivity contribution in [1.82, 2.24) is 10.6 Å². The standard InChI is InChI=1S/C17H27ClN4.HI/c1-4-19-17(20-5-2)21-11-14-8-9-22(12-14)16-10-15(18)7-6-13(16)3;/h6-7,10,14H,4-5,8-9,11-12H2,1-3H3,(H2,19,20,21);1H. The second-order valence-electron chi connectivity index (χ2n) is 5.78. The highest BCUT2D eigenvalue weighted by Crippen LogP contribution is 2.29. The minimum atomic E-state index is 0. The van der Waals surface area contributed by atoms with Crippen LogP contribution in [0.4, 0.5) is 5.69 Å². The van der Waals surface area contributed by atoms with Gasteiger partial charge in [-0.05, 0) is 50.8 Å². The molecule has 0 bridgehead atoms. The molecule has 1 aromatic rings. The third-order valence-electron chi connectivity index (χ3n) is 3.99. The number of rotatable bonds is 5. The topological polar surface area (TPSA) is 39.7 Å². The van der Waals surface area contributed by atoms with Crippen molar-refractivity contribution in [2.24, 2.45) is 10.9 Å². The van der Waals surface area contributed by atoms with E-state index in [1.807, 2.05) is 6.07 Å². The molecule has 1 fully saturated rings. The van der Waals surface area contributed by atoms with Crippen LogP contribution in [0, 0.1) is 12.8 Å². The van der Waals surface area contributed by atoms with E-state index in [0.29, 0.717) is 5.92 Å². The lowest BCUT2D eigenvalue weighted by Crippen LogP contribution is -2.37. The van der Waals surface area contributed by atoms with Crippen molar-refractivity contribution >= 4 is 47.2 Å². The number of guanidine groups is 1. The van der Waals surface area contributed by atoms with Crippen molar-refractivity contribution in [2.45, 2.75) is 27.2 Å². The van der Waals surface area contributed by atoms with Crippen LogP contribution < -0.4 is 15.5 Å². The number of benzene rings is 1. The van der Waals surface area contributed by atoms with Gasteiger partial charge >= 0.3 is 0 Å². The second-order valence-corrected chi connectivity index (χ2v) is 6.22. The zero-order valence-corrected chi connectivity index (χ0v) is 17.3. The predicted octanol–water partition coefficient (Wildman–Crippen LogP) is 3.67. The third kappa shape index (κ3) is 6.03. The summed E-state index contributed by atoms with van der Waals surface area (Å²) in [5, 5.41) is 7.36. The molecule has 1 unspecified atom stereocenters. The summed E-state index contributed by atoms with van der Waals surface area (Å²) in [7, 11) is 0. The number of hydrogen-bond donors (Lipinski definition) is 2. The van der Waals surface area contributed by atoms with Crippen LogP contribution in [0.25, 0.3) is 0 Å². The molecule has 1 heterocycles. The molecule has 4 nitrogen and oxygen atoms in total. The van der Waals surface area contributed by atoms with E-state index in [1.165, 1.54) is 17.7 Å². The minimum absolute atomic E-state index is 0. The molecule has 0 amide bonds. The smallest absolute Gasteiger partial charge is 0.191 e. The molecule has 23 heavy (non-hydrogen) atoms. The van der Waals surface area contributed by atoms with E-state index in [1.54, 1.807) is 0 Å². The summed E-state index contributed by atoms with van der Waals surface area (Å²) in [4.78, 5) is 7.13. The van der Waals surface area contributed by atoms with Crippen LogP contribution in [0.2, 0.25) is 5.02 Å². The van der Waals surface area contributed by atoms with Gasteiger partial charge in [0.05, 0.1) is 0 Å². The molecule has 1 saturated heterocycles. The zero-order chi connectivity index (χ0) is 15.9. The molecule has 0 radical (unpaired) electrons. The summed E-state index contributed by atoms with van der Waals surface area (Å²) in [6, 6.07) is 6.13. The van der Waals surface area contributed by atoms with Crippen molar-refractivity contribution < 1.29 is 0 Å². The summed E-state index contributed by atoms with van der Waals surface area (Å²) in [6.07, 6.45) is 1.18. The van der Waals surface area contributed by atoms with Crippen molar-refractivity contribution in [3.05, 3.63) is 28.8 Å². The van der Waals surface area contributed by atoms with E-state index in [2.05, 4.69) is 48.4 Å². The fraction of sp³-hybridized carbons (Fsp3) is 0.588. The average Bonchev–Trinajstić information content (AvgIpc) is 2.96. The van der Waals surface area contributed by atoms with Gasteiger partial charge in [-0.3, -0.25) is 4.99 Å². The highest BCUT2D eigenvalue weighted by molar-refractivity contribution is 14.0. The molecular weight excluding hydrogens is 423 g/mol. The maximum absolute atomic E-state index is 6.14. The van der Waals surface area contributed by atoms with E-state index in [0.717, 1.165) is 43.7 Å². The lowest BCUT2D eigenvalue weighted by Gasteiger charge is -2.21. The molecule has 1 atom stereocenters. The van der Waals surface area contributed by atoms with Crippen LogP contribution in [0.3, 0.4) is 0 Å². The van der Waals surface area contributed by atoms with Gasteiger partial charge in [-0.1, -0.05) is 17.7 Å². The number of anilines is 1. The molecular formula is C17H28ClIN4. The number of nitrogens with zero attached hydrogens (tertiary/aromatic N) is 2. The summed E-state index contributed by atoms with van der Waals surface area (Å²) < 4.78 is 0. The fourth-order valence-corrected chi connectivity index (χ4v) is 3.02. The van der Waals surface area contributed by atoms with E-state index < -0.39 is 0 Å². The first-order chi connectivity index (χ1) is 10.6. The molecule has 1 aromatic carbocycles. The Bertz CT molecular complexity index is 513. The lowest BCUT2D eigenvalue weighted by molar-refractivity contribution is 0.599. The first-order valence-corrected chi connectivity index (χ1v) is 8.55. The Morgan fingerprint density at radius 1 is 1.30 bits per heavy atom. The highest BCUT2D eigenvalue weighted by atomic mass is 127. The van der Waals surface area contributed by atoms with Gasteiger partial charge in [0, 0.05) is 43.4 Å². The van der Waals surface area contributed by atoms with Crippen LogP contribution in [0.1, 0.15) is 25.8 Å². The van der Waals surface area contributed by atoms with E-state index in [9.17, 15) is 0 Å². The van der Waals surface area contributed by atoms with Gasteiger partial charge in [0.15, 0.2) is 5.96 Å². The highest BCUT2D eigenvalue weighted by Gasteiger charge is 2.23. The Labute approximate surface area is 162 Å². The van der Waals surface area contributed by atoms with E-state index in [4.69, 9.17) is 16.6 Å². The fourth-order valence-electron chi connectivity index (χ4n) is 2.85. The molecule has 2 N–H and O–H groups in total. The van der Waals surface area contributed by atoms with E-state index in [-0.39, 0.29) is 24.0 Å². The maximum atomic E-state index is 6.14. The van der Waals surface area contributed by atoms with Crippen LogP contribution in [-0.4, -0.2) is 38.7 Å². The van der Waals surface area contributed by atoms with E-state index >= 15 is 0 Å². The van der Waals surface area contributed by atoms with Crippen molar-refractivity contribution in [3.8, 4) is 0 Å². The first-order valence-electron chi connectivity index (χ1n) is 8.17. The largest absolute Gasteiger partial charge is 0.371 e. The molecule has 1 aliphatic heterocycles. The third-order valence-corrected chi connectivity index (χ3v) is 4.23. The molecule has 0 saturated carbocycles. The van der Waals surface area contributed by atoms with Gasteiger partial charge < -0.3 is 15.5 Å². The normalized spacial score (nSPS) is 16.7. The number of hydrogen-bond acceptors (Lipinski definition) is 2. The predicted molar refractivity (Wildman–Crippen MR) is 112 cm³/mol. The second kappa shape index (κ2) is 10.2. The Kier molecular flexibility index (Phi) is 9.06. The number of aryl methyl sites for hydroxylation is 1. The Hall–Kier alpha value is -0.690. The quantitative estimate of drug-likeness (QED) is 0.408. The Balaban J connectivity index is 0.00000264. The summed E-state index contributed by atoms with van der Waals surface area (Å²) in [5.74, 6) is 1.52. The first kappa shape index (κ1) is 20.4. The average molecular weight is 451 g/mol. The molecule has 130 valence electrons. The molecule has 0 aromatic heterocycles. The van der Waals surface area contributed by atoms with Gasteiger partial charge in [-0.2, -0.15) is 0 Å². The lowest BCUT2D eigenvalue weighted by atomic mass is 10.1. The maximum Gasteiger partial charge on any atom is 0.191 e. The van der Waals surface area contributed by atoms with Crippen LogP contribution in [0.15, 0.2) is 23.2 Å². The van der Waals surface area contributed by atoms with Crippen LogP contribution in [-0.2, 0) is 0 Å². The van der Waals surface area contributed by atoms with Gasteiger partial charge in [0.25, 0.3) is 0 Å². The number of halogens is 2. The molecule has 0 aliphatic carbocycles. The monoisotopic (exact) mass is 450 g/mol. The Morgan fingerprint density at radius 2 is 2.00 bits per heavy atom. The van der Waals surface area contributed by atoms with Crippen LogP contribution >= 0.6 is 35.6 Å². The zero-order valence-electron chi connectivity index (χ0n) is 14.2. The van der Waals surface area contributed by atoms with Crippen LogP contribution in [0.5, 0.6) is 0 Å². The SMILES string of the molecule is CCNC(=NCC1CCN(c2cc(Cl)ccc2C)C1)NCC.I. The number of aliphatic imine (C=N–C) groups is 1. The summed E-state index contributed by atoms with van der Waals surface area (Å²) in [6.45, 7) is 11.1. The van der Waals surface area contributed by atoms with Gasteiger partial charge in [0.1, 0.15) is 0 Å². The van der Waals surface area contributed by atoms with Gasteiger partial charge in [0.2, 0.25) is 0 Å². The summed E-state index contributed by atoms with van der Waals surface area (Å²) >= 11 is 6.14. The van der Waals surface area contributed by atoms with Crippen molar-refractivity contribution in [2.75, 3.05) is 37.6 Å². The van der Waals surface area contributed by atoms with Crippen molar-refractivity contribution in [1.29, 1.82) is 0 Å². The molecule has 1 aliphatic rings. The summed E-state index contributed by atoms with van der Waals surface area (Å²) in [5.41, 5.74) is 2.55. The van der Waals surface area contributed by atoms with Crippen molar-refractivity contribution in [3.63, 3.8) is 0 Å². The molecule has 0 spiro atoms. The molecule has 6 heteroatoms.